The molecule has 7 heteroatoms. The molecule has 0 amide bonds. The fourth-order valence-corrected chi connectivity index (χ4v) is 1.54. The summed E-state index contributed by atoms with van der Waals surface area (Å²) in [6.07, 6.45) is 0. The average Bonchev–Trinajstić information content (AvgIpc) is 2.28. The van der Waals surface area contributed by atoms with Crippen LogP contribution in [-0.4, -0.2) is 29.7 Å². The standard InChI is InChI=1S/C9H6N2O4S/c10-11-6-16(14,15)9(13)8(12)7-4-2-1-3-5-7/h1-6H. The molecule has 1 rings (SSSR count). The summed E-state index contributed by atoms with van der Waals surface area (Å²) in [6.45, 7) is 0. The highest BCUT2D eigenvalue weighted by Gasteiger charge is 2.32. The van der Waals surface area contributed by atoms with Crippen LogP contribution < -0.4 is 0 Å². The normalized spacial score (nSPS) is 10.2. The van der Waals surface area contributed by atoms with Gasteiger partial charge >= 0.3 is 20.5 Å². The number of hydrogen-bond acceptors (Lipinski definition) is 4. The molecule has 0 saturated heterocycles. The molecule has 0 aliphatic rings. The minimum atomic E-state index is -4.49. The predicted molar refractivity (Wildman–Crippen MR) is 54.4 cm³/mol. The quantitative estimate of drug-likeness (QED) is 0.185. The van der Waals surface area contributed by atoms with Crippen LogP contribution in [0, 0.1) is 0 Å². The van der Waals surface area contributed by atoms with E-state index in [1.54, 1.807) is 6.07 Å². The van der Waals surface area contributed by atoms with Crippen molar-refractivity contribution < 1.29 is 22.8 Å². The van der Waals surface area contributed by atoms with Gasteiger partial charge in [-0.05, 0) is 0 Å². The lowest BCUT2D eigenvalue weighted by atomic mass is 10.1. The molecule has 0 aliphatic carbocycles. The minimum Gasteiger partial charge on any atom is -0.361 e. The molecule has 0 radical (unpaired) electrons. The van der Waals surface area contributed by atoms with Gasteiger partial charge < -0.3 is 5.53 Å². The molecule has 0 aromatic heterocycles. The third kappa shape index (κ3) is 2.47. The van der Waals surface area contributed by atoms with Crippen molar-refractivity contribution in [2.24, 2.45) is 0 Å². The third-order valence-electron chi connectivity index (χ3n) is 1.67. The minimum absolute atomic E-state index is 0.0240. The molecule has 16 heavy (non-hydrogen) atoms. The van der Waals surface area contributed by atoms with Crippen molar-refractivity contribution in [2.75, 3.05) is 0 Å². The Labute approximate surface area is 91.1 Å². The van der Waals surface area contributed by atoms with Crippen LogP contribution in [0.25, 0.3) is 5.53 Å². The number of ketones is 1. The Morgan fingerprint density at radius 1 is 1.19 bits per heavy atom. The Hall–Kier alpha value is -2.11. The fourth-order valence-electron chi connectivity index (χ4n) is 0.947. The molecule has 0 bridgehead atoms. The van der Waals surface area contributed by atoms with Crippen LogP contribution in [0.4, 0.5) is 0 Å². The van der Waals surface area contributed by atoms with E-state index in [9.17, 15) is 18.0 Å². The predicted octanol–water partition coefficient (Wildman–Crippen LogP) is 0.0688. The number of sulfone groups is 1. The summed E-state index contributed by atoms with van der Waals surface area (Å²) >= 11 is 0. The maximum Gasteiger partial charge on any atom is 0.378 e. The zero-order valence-electron chi connectivity index (χ0n) is 7.90. The monoisotopic (exact) mass is 238 g/mol. The highest BCUT2D eigenvalue weighted by atomic mass is 32.2. The third-order valence-corrected chi connectivity index (χ3v) is 2.74. The van der Waals surface area contributed by atoms with Gasteiger partial charge in [0, 0.05) is 5.56 Å². The first-order chi connectivity index (χ1) is 7.49. The molecule has 0 heterocycles. The van der Waals surface area contributed by atoms with E-state index in [-0.39, 0.29) is 11.1 Å². The molecule has 0 N–H and O–H groups in total. The van der Waals surface area contributed by atoms with E-state index in [0.29, 0.717) is 0 Å². The van der Waals surface area contributed by atoms with Gasteiger partial charge in [0.25, 0.3) is 0 Å². The van der Waals surface area contributed by atoms with Crippen molar-refractivity contribution in [2.45, 2.75) is 0 Å². The Morgan fingerprint density at radius 2 is 1.75 bits per heavy atom. The van der Waals surface area contributed by atoms with Gasteiger partial charge in [0.05, 0.1) is 0 Å². The second kappa shape index (κ2) is 4.61. The average molecular weight is 238 g/mol. The molecule has 0 atom stereocenters. The summed E-state index contributed by atoms with van der Waals surface area (Å²) in [5.74, 6) is -1.17. The molecule has 0 saturated carbocycles. The van der Waals surface area contributed by atoms with Crippen LogP contribution in [0.3, 0.4) is 0 Å². The van der Waals surface area contributed by atoms with Gasteiger partial charge in [0.2, 0.25) is 5.78 Å². The van der Waals surface area contributed by atoms with Gasteiger partial charge in [-0.25, -0.2) is 8.42 Å². The smallest absolute Gasteiger partial charge is 0.361 e. The van der Waals surface area contributed by atoms with Gasteiger partial charge in [-0.2, -0.15) is 4.79 Å². The van der Waals surface area contributed by atoms with E-state index in [2.05, 4.69) is 4.79 Å². The van der Waals surface area contributed by atoms with E-state index < -0.39 is 20.7 Å². The number of hydrogen-bond donors (Lipinski definition) is 0. The van der Waals surface area contributed by atoms with Crippen LogP contribution >= 0.6 is 0 Å². The van der Waals surface area contributed by atoms with Crippen LogP contribution in [0.15, 0.2) is 30.3 Å². The van der Waals surface area contributed by atoms with Crippen LogP contribution in [-0.2, 0) is 14.6 Å². The van der Waals surface area contributed by atoms with E-state index in [1.807, 2.05) is 0 Å². The lowest BCUT2D eigenvalue weighted by molar-refractivity contribution is -0.108. The van der Waals surface area contributed by atoms with Gasteiger partial charge in [-0.3, -0.25) is 9.59 Å². The number of Topliss-reactive ketones (excluding diaryl/α,β-unsaturated/α-hetero) is 1. The summed E-state index contributed by atoms with van der Waals surface area (Å²) in [7, 11) is -4.49. The number of nitrogens with zero attached hydrogens (tertiary/aromatic N) is 2. The van der Waals surface area contributed by atoms with Gasteiger partial charge in [-0.15, -0.1) is 0 Å². The van der Waals surface area contributed by atoms with Crippen LogP contribution in [0.2, 0.25) is 0 Å². The lowest BCUT2D eigenvalue weighted by Crippen LogP contribution is -2.25. The van der Waals surface area contributed by atoms with E-state index >= 15 is 0 Å². The second-order valence-electron chi connectivity index (χ2n) is 2.75. The summed E-state index contributed by atoms with van der Waals surface area (Å²) in [5.41, 5.74) is 8.01. The zero-order valence-corrected chi connectivity index (χ0v) is 8.72. The lowest BCUT2D eigenvalue weighted by Gasteiger charge is -1.95. The largest absolute Gasteiger partial charge is 0.378 e. The van der Waals surface area contributed by atoms with Gasteiger partial charge in [0.15, 0.2) is 0 Å². The Morgan fingerprint density at radius 3 is 2.25 bits per heavy atom. The van der Waals surface area contributed by atoms with E-state index in [4.69, 9.17) is 5.53 Å². The molecule has 1 aromatic carbocycles. The van der Waals surface area contributed by atoms with Crippen molar-refractivity contribution in [3.8, 4) is 0 Å². The van der Waals surface area contributed by atoms with Crippen molar-refractivity contribution in [3.63, 3.8) is 0 Å². The van der Waals surface area contributed by atoms with Crippen LogP contribution in [0.1, 0.15) is 10.4 Å². The zero-order chi connectivity index (χ0) is 12.2. The number of rotatable bonds is 3. The maximum absolute atomic E-state index is 11.4. The first-order valence-corrected chi connectivity index (χ1v) is 5.60. The molecular formula is C9H6N2O4S. The molecular weight excluding hydrogens is 232 g/mol. The van der Waals surface area contributed by atoms with Crippen molar-refractivity contribution in [1.29, 1.82) is 0 Å². The topological polar surface area (TPSA) is 105 Å². The van der Waals surface area contributed by atoms with Gasteiger partial charge in [0.1, 0.15) is 0 Å². The maximum atomic E-state index is 11.4. The Bertz CT molecular complexity index is 571. The molecule has 0 unspecified atom stereocenters. The molecule has 6 nitrogen and oxygen atoms in total. The highest BCUT2D eigenvalue weighted by molar-refractivity contribution is 8.18. The molecule has 1 aromatic rings. The highest BCUT2D eigenvalue weighted by Crippen LogP contribution is 2.03. The summed E-state index contributed by atoms with van der Waals surface area (Å²) < 4.78 is 22.1. The molecule has 0 spiro atoms. The van der Waals surface area contributed by atoms with E-state index in [1.165, 1.54) is 24.3 Å². The number of benzene rings is 1. The first-order valence-electron chi connectivity index (χ1n) is 4.05. The Balaban J connectivity index is 3.11. The first kappa shape index (κ1) is 12.0. The number of carbonyl (C=O) groups excluding carboxylic acids is 2. The molecule has 82 valence electrons. The van der Waals surface area contributed by atoms with Crippen molar-refractivity contribution >= 4 is 26.3 Å². The Kier molecular flexibility index (Phi) is 3.44. The van der Waals surface area contributed by atoms with Gasteiger partial charge in [-0.1, -0.05) is 30.3 Å². The summed E-state index contributed by atoms with van der Waals surface area (Å²) in [4.78, 5) is 24.8. The number of carbonyl (C=O) groups is 2. The van der Waals surface area contributed by atoms with E-state index in [0.717, 1.165) is 0 Å². The summed E-state index contributed by atoms with van der Waals surface area (Å²) in [5, 5.41) is -1.63. The fraction of sp³-hybridized carbons (Fsp3) is 0. The van der Waals surface area contributed by atoms with Crippen molar-refractivity contribution in [3.05, 3.63) is 41.4 Å². The SMILES string of the molecule is [N-]=[N+]=CS(=O)(=O)C(=O)C(=O)c1ccccc1. The molecule has 0 fully saturated rings. The second-order valence-corrected chi connectivity index (χ2v) is 4.42. The summed E-state index contributed by atoms with van der Waals surface area (Å²) in [6, 6.07) is 7.23. The van der Waals surface area contributed by atoms with Crippen molar-refractivity contribution in [1.82, 2.24) is 0 Å². The molecule has 0 aliphatic heterocycles. The van der Waals surface area contributed by atoms with Crippen LogP contribution in [0.5, 0.6) is 0 Å².